The molecule has 3 nitrogen and oxygen atoms in total. The smallest absolute Gasteiger partial charge is 0.124 e. The van der Waals surface area contributed by atoms with E-state index in [9.17, 15) is 0 Å². The molecule has 2 aromatic carbocycles. The number of ether oxygens (including phenoxy) is 1. The highest BCUT2D eigenvalue weighted by Gasteiger charge is 2.28. The van der Waals surface area contributed by atoms with E-state index in [1.807, 2.05) is 6.20 Å². The van der Waals surface area contributed by atoms with Crippen molar-refractivity contribution in [3.05, 3.63) is 65.9 Å². The highest BCUT2D eigenvalue weighted by molar-refractivity contribution is 5.82. The zero-order valence-corrected chi connectivity index (χ0v) is 12.8. The Balaban J connectivity index is 1.35. The van der Waals surface area contributed by atoms with Crippen LogP contribution in [-0.2, 0) is 6.54 Å². The molecule has 3 aromatic rings. The molecule has 1 aliphatic rings. The molecule has 0 spiro atoms. The molecule has 0 aliphatic carbocycles. The first-order chi connectivity index (χ1) is 10.8. The number of H-pyrrole nitrogens is 1. The largest absolute Gasteiger partial charge is 0.488 e. The summed E-state index contributed by atoms with van der Waals surface area (Å²) in [5.41, 5.74) is 3.88. The summed E-state index contributed by atoms with van der Waals surface area (Å²) in [6.07, 6.45) is 2.32. The van der Waals surface area contributed by atoms with Crippen LogP contribution < -0.4 is 4.74 Å². The van der Waals surface area contributed by atoms with Crippen molar-refractivity contribution in [1.29, 1.82) is 0 Å². The van der Waals surface area contributed by atoms with Gasteiger partial charge in [-0.2, -0.15) is 0 Å². The molecule has 1 aliphatic heterocycles. The monoisotopic (exact) mass is 292 g/mol. The number of nitrogens with one attached hydrogen (secondary N) is 1. The van der Waals surface area contributed by atoms with Crippen LogP contribution in [0.5, 0.6) is 5.75 Å². The average molecular weight is 292 g/mol. The zero-order valence-electron chi connectivity index (χ0n) is 12.8. The van der Waals surface area contributed by atoms with Crippen LogP contribution in [0.15, 0.2) is 54.7 Å². The quantitative estimate of drug-likeness (QED) is 0.793. The van der Waals surface area contributed by atoms with Gasteiger partial charge in [-0.05, 0) is 36.1 Å². The Morgan fingerprint density at radius 3 is 2.73 bits per heavy atom. The summed E-state index contributed by atoms with van der Waals surface area (Å²) >= 11 is 0. The lowest BCUT2D eigenvalue weighted by atomic mass is 10.1. The zero-order chi connectivity index (χ0) is 14.9. The van der Waals surface area contributed by atoms with Crippen LogP contribution in [0.4, 0.5) is 0 Å². The molecule has 0 radical (unpaired) electrons. The number of hydrogen-bond acceptors (Lipinski definition) is 2. The number of nitrogens with zero attached hydrogens (tertiary/aromatic N) is 1. The summed E-state index contributed by atoms with van der Waals surface area (Å²) in [4.78, 5) is 5.77. The Morgan fingerprint density at radius 1 is 1.09 bits per heavy atom. The lowest BCUT2D eigenvalue weighted by Gasteiger charge is -2.39. The average Bonchev–Trinajstić information content (AvgIpc) is 2.96. The van der Waals surface area contributed by atoms with Crippen molar-refractivity contribution in [2.75, 3.05) is 13.1 Å². The van der Waals surface area contributed by atoms with Crippen molar-refractivity contribution in [2.24, 2.45) is 0 Å². The number of aromatic nitrogens is 1. The summed E-state index contributed by atoms with van der Waals surface area (Å²) in [7, 11) is 0. The van der Waals surface area contributed by atoms with Gasteiger partial charge in [0.2, 0.25) is 0 Å². The van der Waals surface area contributed by atoms with Gasteiger partial charge in [-0.25, -0.2) is 0 Å². The van der Waals surface area contributed by atoms with Gasteiger partial charge in [-0.1, -0.05) is 35.9 Å². The van der Waals surface area contributed by atoms with Crippen molar-refractivity contribution in [3.63, 3.8) is 0 Å². The molecule has 1 aromatic heterocycles. The third-order valence-electron chi connectivity index (χ3n) is 4.31. The SMILES string of the molecule is Cc1ccc(OC2CN(Cc3cccc4cc[nH]c34)C2)cc1. The molecule has 0 bridgehead atoms. The molecule has 1 N–H and O–H groups in total. The Hall–Kier alpha value is -2.26. The number of benzene rings is 2. The minimum Gasteiger partial charge on any atom is -0.488 e. The summed E-state index contributed by atoms with van der Waals surface area (Å²) in [6, 6.07) is 16.9. The van der Waals surface area contributed by atoms with Gasteiger partial charge in [-0.15, -0.1) is 0 Å². The number of aryl methyl sites for hydroxylation is 1. The Morgan fingerprint density at radius 2 is 1.91 bits per heavy atom. The van der Waals surface area contributed by atoms with E-state index in [4.69, 9.17) is 4.74 Å². The minimum atomic E-state index is 0.311. The van der Waals surface area contributed by atoms with Crippen LogP contribution in [-0.4, -0.2) is 29.1 Å². The highest BCUT2D eigenvalue weighted by Crippen LogP contribution is 2.23. The molecule has 0 amide bonds. The number of para-hydroxylation sites is 1. The second-order valence-corrected chi connectivity index (χ2v) is 6.11. The van der Waals surface area contributed by atoms with Gasteiger partial charge in [0, 0.05) is 31.3 Å². The lowest BCUT2D eigenvalue weighted by molar-refractivity contribution is 0.0148. The van der Waals surface area contributed by atoms with Gasteiger partial charge in [0.1, 0.15) is 11.9 Å². The van der Waals surface area contributed by atoms with Crippen molar-refractivity contribution in [1.82, 2.24) is 9.88 Å². The number of hydrogen-bond donors (Lipinski definition) is 1. The Labute approximate surface area is 130 Å². The van der Waals surface area contributed by atoms with E-state index in [0.29, 0.717) is 6.10 Å². The molecule has 112 valence electrons. The van der Waals surface area contributed by atoms with E-state index < -0.39 is 0 Å². The predicted octanol–water partition coefficient (Wildman–Crippen LogP) is 3.74. The van der Waals surface area contributed by atoms with Crippen LogP contribution in [0.2, 0.25) is 0 Å². The molecular formula is C19H20N2O. The second-order valence-electron chi connectivity index (χ2n) is 6.11. The van der Waals surface area contributed by atoms with Crippen LogP contribution in [0.1, 0.15) is 11.1 Å². The predicted molar refractivity (Wildman–Crippen MR) is 89.2 cm³/mol. The molecule has 1 saturated heterocycles. The van der Waals surface area contributed by atoms with E-state index in [2.05, 4.69) is 65.3 Å². The molecule has 22 heavy (non-hydrogen) atoms. The fourth-order valence-electron chi connectivity index (χ4n) is 3.06. The maximum Gasteiger partial charge on any atom is 0.124 e. The standard InChI is InChI=1S/C19H20N2O/c1-14-5-7-17(8-6-14)22-18-12-21(13-18)11-16-4-2-3-15-9-10-20-19(15)16/h2-10,18,20H,11-13H2,1H3. The van der Waals surface area contributed by atoms with E-state index in [-0.39, 0.29) is 0 Å². The van der Waals surface area contributed by atoms with Gasteiger partial charge in [-0.3, -0.25) is 4.90 Å². The lowest BCUT2D eigenvalue weighted by Crippen LogP contribution is -2.53. The normalized spacial score (nSPS) is 15.9. The molecule has 0 atom stereocenters. The Kier molecular flexibility index (Phi) is 3.35. The van der Waals surface area contributed by atoms with Crippen LogP contribution in [0.25, 0.3) is 10.9 Å². The van der Waals surface area contributed by atoms with E-state index >= 15 is 0 Å². The third-order valence-corrected chi connectivity index (χ3v) is 4.31. The third kappa shape index (κ3) is 2.60. The molecule has 2 heterocycles. The van der Waals surface area contributed by atoms with Crippen molar-refractivity contribution >= 4 is 10.9 Å². The number of likely N-dealkylation sites (tertiary alicyclic amines) is 1. The van der Waals surface area contributed by atoms with Crippen molar-refractivity contribution < 1.29 is 4.74 Å². The maximum atomic E-state index is 6.00. The van der Waals surface area contributed by atoms with Crippen LogP contribution >= 0.6 is 0 Å². The summed E-state index contributed by atoms with van der Waals surface area (Å²) < 4.78 is 6.00. The van der Waals surface area contributed by atoms with Gasteiger partial charge in [0.25, 0.3) is 0 Å². The fraction of sp³-hybridized carbons (Fsp3) is 0.263. The van der Waals surface area contributed by atoms with E-state index in [1.54, 1.807) is 0 Å². The number of rotatable bonds is 4. The number of fused-ring (bicyclic) bond motifs is 1. The van der Waals surface area contributed by atoms with Crippen LogP contribution in [0.3, 0.4) is 0 Å². The summed E-state index contributed by atoms with van der Waals surface area (Å²) in [6.45, 7) is 5.05. The minimum absolute atomic E-state index is 0.311. The first kappa shape index (κ1) is 13.4. The maximum absolute atomic E-state index is 6.00. The highest BCUT2D eigenvalue weighted by atomic mass is 16.5. The van der Waals surface area contributed by atoms with Crippen molar-refractivity contribution in [3.8, 4) is 5.75 Å². The van der Waals surface area contributed by atoms with E-state index in [0.717, 1.165) is 25.4 Å². The van der Waals surface area contributed by atoms with Crippen LogP contribution in [0, 0.1) is 6.92 Å². The second kappa shape index (κ2) is 5.50. The first-order valence-corrected chi connectivity index (χ1v) is 7.78. The Bertz CT molecular complexity index is 769. The molecule has 0 unspecified atom stereocenters. The van der Waals surface area contributed by atoms with Gasteiger partial charge in [0.05, 0.1) is 0 Å². The topological polar surface area (TPSA) is 28.3 Å². The molecule has 1 fully saturated rings. The number of aromatic amines is 1. The molecule has 0 saturated carbocycles. The molecule has 3 heteroatoms. The van der Waals surface area contributed by atoms with Gasteiger partial charge < -0.3 is 9.72 Å². The van der Waals surface area contributed by atoms with Gasteiger partial charge in [0.15, 0.2) is 0 Å². The molecule has 4 rings (SSSR count). The summed E-state index contributed by atoms with van der Waals surface area (Å²) in [5.74, 6) is 0.974. The van der Waals surface area contributed by atoms with Gasteiger partial charge >= 0.3 is 0 Å². The fourth-order valence-corrected chi connectivity index (χ4v) is 3.06. The summed E-state index contributed by atoms with van der Waals surface area (Å²) in [5, 5.41) is 1.28. The molecular weight excluding hydrogens is 272 g/mol. The van der Waals surface area contributed by atoms with E-state index in [1.165, 1.54) is 22.0 Å². The first-order valence-electron chi connectivity index (χ1n) is 7.78. The van der Waals surface area contributed by atoms with Crippen molar-refractivity contribution in [2.45, 2.75) is 19.6 Å².